The van der Waals surface area contributed by atoms with Crippen molar-refractivity contribution in [1.82, 2.24) is 4.57 Å². The Bertz CT molecular complexity index is 3270. The van der Waals surface area contributed by atoms with Gasteiger partial charge >= 0.3 is 0 Å². The first-order chi connectivity index (χ1) is 29.4. The zero-order valence-corrected chi connectivity index (χ0v) is 33.3. The van der Waals surface area contributed by atoms with Gasteiger partial charge in [0.1, 0.15) is 0 Å². The molecule has 0 aliphatic carbocycles. The van der Waals surface area contributed by atoms with Gasteiger partial charge in [-0.1, -0.05) is 127 Å². The molecule has 10 rings (SSSR count). The number of para-hydroxylation sites is 3. The van der Waals surface area contributed by atoms with Crippen LogP contribution in [0, 0.1) is 24.0 Å². The van der Waals surface area contributed by atoms with Crippen LogP contribution in [0.5, 0.6) is 0 Å². The van der Waals surface area contributed by atoms with Crippen LogP contribution < -0.4 is 0 Å². The molecular weight excluding hydrogens is 733 g/mol. The quantitative estimate of drug-likeness (QED) is 0.114. The van der Waals surface area contributed by atoms with Crippen molar-refractivity contribution in [3.63, 3.8) is 0 Å². The number of hydrogen-bond donors (Lipinski definition) is 0. The molecule has 4 nitrogen and oxygen atoms in total. The Morgan fingerprint density at radius 2 is 0.867 bits per heavy atom. The number of nitrogens with zero attached hydrogens (tertiary/aromatic N) is 2. The molecule has 0 aliphatic rings. The third-order valence-corrected chi connectivity index (χ3v) is 11.8. The van der Waals surface area contributed by atoms with Gasteiger partial charge in [0.2, 0.25) is 0 Å². The third kappa shape index (κ3) is 6.64. The van der Waals surface area contributed by atoms with Crippen LogP contribution in [0.25, 0.3) is 94.3 Å². The molecule has 10 aromatic rings. The Morgan fingerprint density at radius 1 is 0.367 bits per heavy atom. The highest BCUT2D eigenvalue weighted by atomic mass is 16.6. The maximum absolute atomic E-state index is 12.3. The Balaban J connectivity index is 1.10. The fraction of sp³-hybridized carbons (Fsp3) is 0.0357. The van der Waals surface area contributed by atoms with E-state index in [9.17, 15) is 10.1 Å². The normalized spacial score (nSPS) is 11.3. The molecule has 0 aliphatic heterocycles. The summed E-state index contributed by atoms with van der Waals surface area (Å²) in [4.78, 5) is 12.0. The lowest BCUT2D eigenvalue weighted by Crippen LogP contribution is -1.93. The molecule has 0 saturated heterocycles. The average Bonchev–Trinajstić information content (AvgIpc) is 3.63. The van der Waals surface area contributed by atoms with Crippen LogP contribution in [0.4, 0.5) is 5.69 Å². The second-order valence-electron chi connectivity index (χ2n) is 15.5. The Hall–Kier alpha value is -7.82. The van der Waals surface area contributed by atoms with Crippen LogP contribution in [0.15, 0.2) is 206 Å². The Kier molecular flexibility index (Phi) is 9.23. The lowest BCUT2D eigenvalue weighted by molar-refractivity contribution is -0.384. The van der Waals surface area contributed by atoms with E-state index >= 15 is 0 Å². The lowest BCUT2D eigenvalue weighted by atomic mass is 9.90. The minimum Gasteiger partial charge on any atom is -0.309 e. The summed E-state index contributed by atoms with van der Waals surface area (Å²) in [6.07, 6.45) is 0. The molecule has 0 bridgehead atoms. The molecule has 4 heteroatoms. The van der Waals surface area contributed by atoms with E-state index in [0.29, 0.717) is 5.56 Å². The van der Waals surface area contributed by atoms with E-state index < -0.39 is 0 Å². The van der Waals surface area contributed by atoms with Crippen molar-refractivity contribution in [3.05, 3.63) is 227 Å². The van der Waals surface area contributed by atoms with Crippen molar-refractivity contribution in [2.75, 3.05) is 0 Å². The summed E-state index contributed by atoms with van der Waals surface area (Å²) >= 11 is 0. The van der Waals surface area contributed by atoms with Crippen molar-refractivity contribution in [1.29, 1.82) is 0 Å². The molecule has 9 aromatic carbocycles. The molecule has 0 spiro atoms. The Labute approximate surface area is 349 Å². The summed E-state index contributed by atoms with van der Waals surface area (Å²) in [6, 6.07) is 71.6. The van der Waals surface area contributed by atoms with E-state index in [-0.39, 0.29) is 10.6 Å². The summed E-state index contributed by atoms with van der Waals surface area (Å²) in [6.45, 7) is 4.32. The number of aryl methyl sites for hydroxylation is 2. The van der Waals surface area contributed by atoms with E-state index in [1.165, 1.54) is 38.5 Å². The highest BCUT2D eigenvalue weighted by molar-refractivity contribution is 6.10. The van der Waals surface area contributed by atoms with Crippen LogP contribution in [0.3, 0.4) is 0 Å². The second kappa shape index (κ2) is 15.2. The van der Waals surface area contributed by atoms with Crippen molar-refractivity contribution in [3.8, 4) is 72.4 Å². The van der Waals surface area contributed by atoms with Gasteiger partial charge in [0, 0.05) is 22.5 Å². The van der Waals surface area contributed by atoms with Crippen LogP contribution in [0.1, 0.15) is 11.1 Å². The van der Waals surface area contributed by atoms with Gasteiger partial charge in [0.05, 0.1) is 21.5 Å². The molecule has 286 valence electrons. The molecule has 0 N–H and O–H groups in total. The van der Waals surface area contributed by atoms with E-state index in [1.54, 1.807) is 12.1 Å². The summed E-state index contributed by atoms with van der Waals surface area (Å²) in [7, 11) is 0. The maximum Gasteiger partial charge on any atom is 0.277 e. The van der Waals surface area contributed by atoms with Gasteiger partial charge in [0.15, 0.2) is 0 Å². The standard InChI is InChI=1S/C56H40N2O2/c1-37-14-6-7-21-49(37)52-35-43(27-26-38(52)2)39-15-12-17-41(30-39)45-32-46(34-47(33-45)50-22-8-11-25-56(50)58(59)60)42-18-13-16-40(31-42)44-28-29-55-53(36-44)51-23-9-10-24-54(51)57(55)48-19-4-3-5-20-48/h3-36H,1-2H3. The van der Waals surface area contributed by atoms with Gasteiger partial charge in [0.25, 0.3) is 5.69 Å². The molecule has 60 heavy (non-hydrogen) atoms. The average molecular weight is 773 g/mol. The van der Waals surface area contributed by atoms with Gasteiger partial charge in [-0.15, -0.1) is 0 Å². The van der Waals surface area contributed by atoms with Gasteiger partial charge in [-0.3, -0.25) is 10.1 Å². The van der Waals surface area contributed by atoms with Crippen LogP contribution in [-0.4, -0.2) is 9.49 Å². The van der Waals surface area contributed by atoms with Gasteiger partial charge in [-0.25, -0.2) is 0 Å². The molecule has 0 amide bonds. The van der Waals surface area contributed by atoms with Crippen LogP contribution >= 0.6 is 0 Å². The van der Waals surface area contributed by atoms with Crippen molar-refractivity contribution in [2.24, 2.45) is 0 Å². The Morgan fingerprint density at radius 3 is 1.57 bits per heavy atom. The number of nitro groups is 1. The SMILES string of the molecule is Cc1ccccc1-c1cc(-c2cccc(-c3cc(-c4cccc(-c5ccc6c(c5)c5ccccc5n6-c5ccccc5)c4)cc(-c4ccccc4[N+](=O)[O-])c3)c2)ccc1C. The van der Waals surface area contributed by atoms with Gasteiger partial charge in [-0.05, 0) is 159 Å². The first-order valence-corrected chi connectivity index (χ1v) is 20.3. The molecular formula is C56H40N2O2. The maximum atomic E-state index is 12.3. The molecule has 0 fully saturated rings. The monoisotopic (exact) mass is 772 g/mol. The van der Waals surface area contributed by atoms with Gasteiger partial charge in [-0.2, -0.15) is 0 Å². The minimum absolute atomic E-state index is 0.0782. The molecule has 0 atom stereocenters. The number of hydrogen-bond acceptors (Lipinski definition) is 2. The van der Waals surface area contributed by atoms with Crippen molar-refractivity contribution >= 4 is 27.5 Å². The topological polar surface area (TPSA) is 48.1 Å². The van der Waals surface area contributed by atoms with Gasteiger partial charge < -0.3 is 4.57 Å². The number of aromatic nitrogens is 1. The van der Waals surface area contributed by atoms with Crippen molar-refractivity contribution in [2.45, 2.75) is 13.8 Å². The van der Waals surface area contributed by atoms with E-state index in [0.717, 1.165) is 61.3 Å². The van der Waals surface area contributed by atoms with Crippen LogP contribution in [-0.2, 0) is 0 Å². The number of benzene rings is 9. The predicted molar refractivity (Wildman–Crippen MR) is 250 cm³/mol. The molecule has 1 heterocycles. The summed E-state index contributed by atoms with van der Waals surface area (Å²) < 4.78 is 2.33. The smallest absolute Gasteiger partial charge is 0.277 e. The summed E-state index contributed by atoms with van der Waals surface area (Å²) in [5.74, 6) is 0. The largest absolute Gasteiger partial charge is 0.309 e. The fourth-order valence-electron chi connectivity index (χ4n) is 8.72. The first kappa shape index (κ1) is 36.5. The lowest BCUT2D eigenvalue weighted by Gasteiger charge is -2.14. The van der Waals surface area contributed by atoms with Crippen LogP contribution in [0.2, 0.25) is 0 Å². The second-order valence-corrected chi connectivity index (χ2v) is 15.5. The molecule has 0 unspecified atom stereocenters. The number of rotatable bonds is 8. The molecule has 1 aromatic heterocycles. The first-order valence-electron chi connectivity index (χ1n) is 20.3. The molecule has 0 saturated carbocycles. The minimum atomic E-state index is -0.294. The highest BCUT2D eigenvalue weighted by Gasteiger charge is 2.18. The van der Waals surface area contributed by atoms with E-state index in [1.807, 2.05) is 18.2 Å². The van der Waals surface area contributed by atoms with E-state index in [4.69, 9.17) is 0 Å². The summed E-state index contributed by atoms with van der Waals surface area (Å²) in [5, 5.41) is 14.7. The third-order valence-electron chi connectivity index (χ3n) is 11.8. The zero-order valence-electron chi connectivity index (χ0n) is 33.3. The number of nitro benzene ring substituents is 1. The predicted octanol–water partition coefficient (Wildman–Crippen LogP) is 15.3. The number of fused-ring (bicyclic) bond motifs is 3. The van der Waals surface area contributed by atoms with Crippen molar-refractivity contribution < 1.29 is 4.92 Å². The fourth-order valence-corrected chi connectivity index (χ4v) is 8.72. The highest BCUT2D eigenvalue weighted by Crippen LogP contribution is 2.40. The zero-order chi connectivity index (χ0) is 40.7. The van der Waals surface area contributed by atoms with E-state index in [2.05, 4.69) is 194 Å². The summed E-state index contributed by atoms with van der Waals surface area (Å²) in [5.41, 5.74) is 18.3. The molecule has 0 radical (unpaired) electrons.